The minimum atomic E-state index is -4.45. The van der Waals surface area contributed by atoms with Crippen LogP contribution >= 0.6 is 0 Å². The largest absolute Gasteiger partial charge is 0.493 e. The summed E-state index contributed by atoms with van der Waals surface area (Å²) in [7, 11) is 2.59. The molecule has 0 radical (unpaired) electrons. The van der Waals surface area contributed by atoms with Crippen LogP contribution in [0, 0.1) is 0 Å². The van der Waals surface area contributed by atoms with Gasteiger partial charge in [-0.1, -0.05) is 6.07 Å². The number of hydrogen-bond donors (Lipinski definition) is 1. The summed E-state index contributed by atoms with van der Waals surface area (Å²) in [4.78, 5) is 0. The molecule has 0 aliphatic carbocycles. The van der Waals surface area contributed by atoms with Gasteiger partial charge < -0.3 is 14.8 Å². The van der Waals surface area contributed by atoms with Gasteiger partial charge in [0.05, 0.1) is 14.2 Å². The van der Waals surface area contributed by atoms with Crippen molar-refractivity contribution in [2.45, 2.75) is 18.5 Å². The lowest BCUT2D eigenvalue weighted by atomic mass is 9.95. The Morgan fingerprint density at radius 3 is 2.32 bits per heavy atom. The smallest absolute Gasteiger partial charge is 0.420 e. The molecule has 106 valence electrons. The minimum Gasteiger partial charge on any atom is -0.493 e. The summed E-state index contributed by atoms with van der Waals surface area (Å²) in [6.07, 6.45) is -3.57. The maximum Gasteiger partial charge on any atom is 0.420 e. The molecular formula is C13H16F3NO2. The van der Waals surface area contributed by atoms with E-state index in [1.54, 1.807) is 0 Å². The van der Waals surface area contributed by atoms with Crippen LogP contribution in [0.3, 0.4) is 0 Å². The first-order valence-electron chi connectivity index (χ1n) is 6.01. The summed E-state index contributed by atoms with van der Waals surface area (Å²) >= 11 is 0. The van der Waals surface area contributed by atoms with Crippen LogP contribution in [0.25, 0.3) is 0 Å². The quantitative estimate of drug-likeness (QED) is 0.920. The molecule has 1 aromatic rings. The van der Waals surface area contributed by atoms with E-state index in [0.29, 0.717) is 0 Å². The van der Waals surface area contributed by atoms with Gasteiger partial charge in [-0.05, 0) is 19.0 Å². The van der Waals surface area contributed by atoms with Gasteiger partial charge in [-0.3, -0.25) is 0 Å². The van der Waals surface area contributed by atoms with Crippen LogP contribution < -0.4 is 14.8 Å². The van der Waals surface area contributed by atoms with Crippen LogP contribution in [0.15, 0.2) is 12.1 Å². The van der Waals surface area contributed by atoms with E-state index in [0.717, 1.165) is 31.1 Å². The highest BCUT2D eigenvalue weighted by molar-refractivity contribution is 5.54. The Bertz CT molecular complexity index is 454. The van der Waals surface area contributed by atoms with E-state index < -0.39 is 11.7 Å². The molecule has 1 N–H and O–H groups in total. The fourth-order valence-electron chi connectivity index (χ4n) is 2.46. The lowest BCUT2D eigenvalue weighted by molar-refractivity contribution is -0.138. The van der Waals surface area contributed by atoms with Crippen molar-refractivity contribution < 1.29 is 22.6 Å². The first-order valence-corrected chi connectivity index (χ1v) is 6.01. The van der Waals surface area contributed by atoms with Crippen LogP contribution in [0.1, 0.15) is 23.5 Å². The van der Waals surface area contributed by atoms with Crippen molar-refractivity contribution >= 4 is 0 Å². The van der Waals surface area contributed by atoms with Crippen LogP contribution in [-0.2, 0) is 6.18 Å². The fraction of sp³-hybridized carbons (Fsp3) is 0.538. The van der Waals surface area contributed by atoms with Gasteiger partial charge in [0.2, 0.25) is 0 Å². The molecule has 0 amide bonds. The molecule has 1 unspecified atom stereocenters. The van der Waals surface area contributed by atoms with Crippen molar-refractivity contribution in [2.24, 2.45) is 0 Å². The lowest BCUT2D eigenvalue weighted by Gasteiger charge is -2.20. The Kier molecular flexibility index (Phi) is 3.89. The van der Waals surface area contributed by atoms with Gasteiger partial charge in [-0.25, -0.2) is 0 Å². The zero-order chi connectivity index (χ0) is 14.0. The maximum atomic E-state index is 12.9. The van der Waals surface area contributed by atoms with Gasteiger partial charge in [-0.2, -0.15) is 13.2 Å². The average molecular weight is 275 g/mol. The zero-order valence-electron chi connectivity index (χ0n) is 10.8. The van der Waals surface area contributed by atoms with Gasteiger partial charge in [0, 0.05) is 18.0 Å². The van der Waals surface area contributed by atoms with Gasteiger partial charge in [-0.15, -0.1) is 0 Å². The number of alkyl halides is 3. The first kappa shape index (κ1) is 14.0. The highest BCUT2D eigenvalue weighted by Gasteiger charge is 2.37. The molecule has 19 heavy (non-hydrogen) atoms. The predicted molar refractivity (Wildman–Crippen MR) is 64.8 cm³/mol. The summed E-state index contributed by atoms with van der Waals surface area (Å²) in [5.41, 5.74) is -0.0427. The molecule has 1 fully saturated rings. The SMILES string of the molecule is COc1c(C2CCNC2)ccc(C(F)(F)F)c1OC. The number of hydrogen-bond acceptors (Lipinski definition) is 3. The van der Waals surface area contributed by atoms with E-state index in [-0.39, 0.29) is 17.4 Å². The Hall–Kier alpha value is -1.43. The maximum absolute atomic E-state index is 12.9. The summed E-state index contributed by atoms with van der Waals surface area (Å²) in [6.45, 7) is 1.60. The number of benzene rings is 1. The molecule has 1 aliphatic heterocycles. The first-order chi connectivity index (χ1) is 8.99. The van der Waals surface area contributed by atoms with Crippen molar-refractivity contribution in [1.29, 1.82) is 0 Å². The van der Waals surface area contributed by atoms with Crippen molar-refractivity contribution in [1.82, 2.24) is 5.32 Å². The van der Waals surface area contributed by atoms with E-state index in [1.807, 2.05) is 0 Å². The Morgan fingerprint density at radius 2 is 1.84 bits per heavy atom. The third kappa shape index (κ3) is 2.63. The molecule has 1 atom stereocenters. The van der Waals surface area contributed by atoms with Crippen molar-refractivity contribution in [3.8, 4) is 11.5 Å². The molecule has 2 rings (SSSR count). The predicted octanol–water partition coefficient (Wildman–Crippen LogP) is 2.80. The lowest BCUT2D eigenvalue weighted by Crippen LogP contribution is -2.12. The van der Waals surface area contributed by atoms with Gasteiger partial charge in [0.1, 0.15) is 5.56 Å². The summed E-state index contributed by atoms with van der Waals surface area (Å²) < 4.78 is 48.8. The Morgan fingerprint density at radius 1 is 1.16 bits per heavy atom. The molecule has 0 saturated carbocycles. The normalized spacial score (nSPS) is 19.5. The van der Waals surface area contributed by atoms with E-state index >= 15 is 0 Å². The van der Waals surface area contributed by atoms with Gasteiger partial charge in [0.15, 0.2) is 11.5 Å². The summed E-state index contributed by atoms with van der Waals surface area (Å²) in [5.74, 6) is 0.108. The molecule has 1 saturated heterocycles. The fourth-order valence-corrected chi connectivity index (χ4v) is 2.46. The molecule has 3 nitrogen and oxygen atoms in total. The molecule has 1 aromatic carbocycles. The van der Waals surface area contributed by atoms with Gasteiger partial charge >= 0.3 is 6.18 Å². The van der Waals surface area contributed by atoms with Crippen LogP contribution in [0.2, 0.25) is 0 Å². The molecule has 0 bridgehead atoms. The number of halogens is 3. The van der Waals surface area contributed by atoms with E-state index in [1.165, 1.54) is 20.3 Å². The Balaban J connectivity index is 2.52. The highest BCUT2D eigenvalue weighted by atomic mass is 19.4. The van der Waals surface area contributed by atoms with E-state index in [4.69, 9.17) is 9.47 Å². The van der Waals surface area contributed by atoms with E-state index in [9.17, 15) is 13.2 Å². The summed E-state index contributed by atoms with van der Waals surface area (Å²) in [6, 6.07) is 2.55. The number of nitrogens with one attached hydrogen (secondary N) is 1. The third-order valence-electron chi connectivity index (χ3n) is 3.36. The standard InChI is InChI=1S/C13H16F3NO2/c1-18-11-9(8-5-6-17-7-8)3-4-10(12(11)19-2)13(14,15)16/h3-4,8,17H,5-7H2,1-2H3. The molecule has 1 heterocycles. The van der Waals surface area contributed by atoms with Crippen molar-refractivity contribution in [3.63, 3.8) is 0 Å². The highest BCUT2D eigenvalue weighted by Crippen LogP contribution is 2.45. The topological polar surface area (TPSA) is 30.5 Å². The Labute approximate surface area is 109 Å². The second-order valence-corrected chi connectivity index (χ2v) is 4.46. The molecule has 1 aliphatic rings. The number of ether oxygens (including phenoxy) is 2. The van der Waals surface area contributed by atoms with Gasteiger partial charge in [0.25, 0.3) is 0 Å². The monoisotopic (exact) mass is 275 g/mol. The van der Waals surface area contributed by atoms with Crippen molar-refractivity contribution in [2.75, 3.05) is 27.3 Å². The van der Waals surface area contributed by atoms with Crippen LogP contribution in [0.4, 0.5) is 13.2 Å². The second kappa shape index (κ2) is 5.28. The summed E-state index contributed by atoms with van der Waals surface area (Å²) in [5, 5.41) is 3.19. The third-order valence-corrected chi connectivity index (χ3v) is 3.36. The molecular weight excluding hydrogens is 259 g/mol. The van der Waals surface area contributed by atoms with Crippen molar-refractivity contribution in [3.05, 3.63) is 23.3 Å². The molecule has 0 spiro atoms. The minimum absolute atomic E-state index is 0.158. The molecule has 0 aromatic heterocycles. The molecule has 6 heteroatoms. The zero-order valence-corrected chi connectivity index (χ0v) is 10.8. The second-order valence-electron chi connectivity index (χ2n) is 4.46. The number of methoxy groups -OCH3 is 2. The average Bonchev–Trinajstić information content (AvgIpc) is 2.89. The van der Waals surface area contributed by atoms with Crippen LogP contribution in [-0.4, -0.2) is 27.3 Å². The van der Waals surface area contributed by atoms with Crippen LogP contribution in [0.5, 0.6) is 11.5 Å². The van der Waals surface area contributed by atoms with E-state index in [2.05, 4.69) is 5.32 Å². The number of rotatable bonds is 3.